The summed E-state index contributed by atoms with van der Waals surface area (Å²) in [5.74, 6) is -0.241. The zero-order valence-corrected chi connectivity index (χ0v) is 19.7. The van der Waals surface area contributed by atoms with Crippen LogP contribution in [0.4, 0.5) is 19.0 Å². The smallest absolute Gasteiger partial charge is 0.367 e. The van der Waals surface area contributed by atoms with Crippen molar-refractivity contribution in [2.24, 2.45) is 11.1 Å². The van der Waals surface area contributed by atoms with Gasteiger partial charge in [-0.25, -0.2) is 15.1 Å². The lowest BCUT2D eigenvalue weighted by Crippen LogP contribution is -2.22. The number of nitrogens with two attached hydrogens (primary N) is 1. The van der Waals surface area contributed by atoms with Gasteiger partial charge in [-0.05, 0) is 42.9 Å². The molecule has 0 aliphatic heterocycles. The lowest BCUT2D eigenvalue weighted by atomic mass is 10.1. The number of anilines is 1. The first-order valence-electron chi connectivity index (χ1n) is 11.0. The van der Waals surface area contributed by atoms with Crippen LogP contribution in [-0.4, -0.2) is 46.6 Å². The van der Waals surface area contributed by atoms with Crippen molar-refractivity contribution >= 4 is 21.9 Å². The van der Waals surface area contributed by atoms with Gasteiger partial charge >= 0.3 is 16.5 Å². The first-order valence-corrected chi connectivity index (χ1v) is 12.4. The fourth-order valence-electron chi connectivity index (χ4n) is 4.17. The number of carbonyl (C=O) groups excluding carboxylic acids is 1. The lowest BCUT2D eigenvalue weighted by molar-refractivity contribution is -0.138. The van der Waals surface area contributed by atoms with Gasteiger partial charge in [-0.1, -0.05) is 18.2 Å². The number of hydrogen-bond donors (Lipinski definition) is 2. The third-order valence-corrected chi connectivity index (χ3v) is 6.30. The van der Waals surface area contributed by atoms with Gasteiger partial charge in [-0.15, -0.1) is 0 Å². The van der Waals surface area contributed by atoms with E-state index in [2.05, 4.69) is 24.6 Å². The van der Waals surface area contributed by atoms with Crippen molar-refractivity contribution in [1.29, 1.82) is 0 Å². The number of nitrogens with one attached hydrogen (secondary N) is 1. The van der Waals surface area contributed by atoms with Crippen molar-refractivity contribution < 1.29 is 30.6 Å². The molecule has 3 aromatic rings. The van der Waals surface area contributed by atoms with Gasteiger partial charge < -0.3 is 5.32 Å². The molecular weight excluding hydrogens is 501 g/mol. The molecule has 1 aliphatic carbocycles. The molecule has 0 bridgehead atoms. The van der Waals surface area contributed by atoms with E-state index in [0.29, 0.717) is 19.3 Å². The molecule has 1 fully saturated rings. The highest BCUT2D eigenvalue weighted by atomic mass is 32.2. The Kier molecular flexibility index (Phi) is 7.38. The Balaban J connectivity index is 1.45. The van der Waals surface area contributed by atoms with Crippen LogP contribution >= 0.6 is 0 Å². The summed E-state index contributed by atoms with van der Waals surface area (Å²) in [4.78, 5) is 21.2. The Morgan fingerprint density at radius 3 is 2.75 bits per heavy atom. The predicted molar refractivity (Wildman–Crippen MR) is 122 cm³/mol. The van der Waals surface area contributed by atoms with E-state index >= 15 is 0 Å². The van der Waals surface area contributed by atoms with E-state index in [1.54, 1.807) is 0 Å². The summed E-state index contributed by atoms with van der Waals surface area (Å²) in [5, 5.41) is 12.2. The Hall–Kier alpha value is -3.36. The van der Waals surface area contributed by atoms with E-state index < -0.39 is 27.8 Å². The Bertz CT molecular complexity index is 1350. The Morgan fingerprint density at radius 2 is 2.00 bits per heavy atom. The van der Waals surface area contributed by atoms with E-state index in [4.69, 9.17) is 5.14 Å². The normalized spacial score (nSPS) is 18.3. The Labute approximate surface area is 205 Å². The number of ketones is 1. The zero-order chi connectivity index (χ0) is 25.9. The number of benzene rings is 1. The van der Waals surface area contributed by atoms with Gasteiger partial charge in [0, 0.05) is 18.4 Å². The molecule has 1 aromatic carbocycles. The average molecular weight is 525 g/mol. The number of halogens is 3. The van der Waals surface area contributed by atoms with E-state index in [-0.39, 0.29) is 47.8 Å². The summed E-state index contributed by atoms with van der Waals surface area (Å²) in [6.45, 7) is -0.190. The van der Waals surface area contributed by atoms with Gasteiger partial charge in [0.05, 0.1) is 24.3 Å². The number of carbonyl (C=O) groups is 1. The van der Waals surface area contributed by atoms with Crippen LogP contribution < -0.4 is 10.5 Å². The average Bonchev–Trinajstić information content (AvgIpc) is 3.46. The second-order valence-corrected chi connectivity index (χ2v) is 9.69. The molecule has 1 aliphatic rings. The van der Waals surface area contributed by atoms with Crippen molar-refractivity contribution in [2.75, 3.05) is 11.9 Å². The molecule has 192 valence electrons. The van der Waals surface area contributed by atoms with Crippen molar-refractivity contribution in [3.63, 3.8) is 0 Å². The molecule has 10 nitrogen and oxygen atoms in total. The van der Waals surface area contributed by atoms with Crippen molar-refractivity contribution in [2.45, 2.75) is 38.0 Å². The quantitative estimate of drug-likeness (QED) is 0.407. The SMILES string of the molecule is NS(=O)(=O)OC[C@@H]1CC[C@H](Nc2ncncc2C(=O)c2ccn(Cc3ccccc3C(F)(F)F)n2)C1. The van der Waals surface area contributed by atoms with Crippen LogP contribution in [0.2, 0.25) is 0 Å². The zero-order valence-electron chi connectivity index (χ0n) is 18.9. The minimum Gasteiger partial charge on any atom is -0.367 e. The van der Waals surface area contributed by atoms with E-state index in [1.807, 2.05) is 0 Å². The molecule has 0 radical (unpaired) electrons. The maximum Gasteiger partial charge on any atom is 0.416 e. The molecule has 0 spiro atoms. The molecule has 0 unspecified atom stereocenters. The molecule has 2 aromatic heterocycles. The van der Waals surface area contributed by atoms with Crippen LogP contribution in [0.5, 0.6) is 0 Å². The number of hydrogen-bond acceptors (Lipinski definition) is 8. The molecule has 36 heavy (non-hydrogen) atoms. The maximum atomic E-state index is 13.3. The highest BCUT2D eigenvalue weighted by Gasteiger charge is 2.33. The second-order valence-electron chi connectivity index (χ2n) is 8.47. The van der Waals surface area contributed by atoms with Crippen LogP contribution in [0.25, 0.3) is 0 Å². The van der Waals surface area contributed by atoms with Gasteiger partial charge in [0.2, 0.25) is 5.78 Å². The standard InChI is InChI=1S/C22H23F3N6O4S/c23-22(24,25)18-4-2-1-3-15(18)11-31-8-7-19(30-31)20(32)17-10-27-13-28-21(17)29-16-6-5-14(9-16)12-35-36(26,33)34/h1-4,7-8,10,13-14,16H,5-6,9,11-12H2,(H2,26,33,34)(H,27,28,29)/t14-,16+/m1/s1. The molecule has 2 heterocycles. The fourth-order valence-corrected chi connectivity index (χ4v) is 4.55. The van der Waals surface area contributed by atoms with Gasteiger partial charge in [0.25, 0.3) is 0 Å². The van der Waals surface area contributed by atoms with Crippen LogP contribution in [-0.2, 0) is 27.2 Å². The van der Waals surface area contributed by atoms with Gasteiger partial charge in [0.1, 0.15) is 17.8 Å². The number of aromatic nitrogens is 4. The third-order valence-electron chi connectivity index (χ3n) is 5.84. The van der Waals surface area contributed by atoms with E-state index in [1.165, 1.54) is 47.7 Å². The number of alkyl halides is 3. The first-order chi connectivity index (χ1) is 17.0. The predicted octanol–water partition coefficient (Wildman–Crippen LogP) is 2.77. The first kappa shape index (κ1) is 25.7. The Morgan fingerprint density at radius 1 is 1.22 bits per heavy atom. The summed E-state index contributed by atoms with van der Waals surface area (Å²) >= 11 is 0. The second kappa shape index (κ2) is 10.3. The molecule has 14 heteroatoms. The minimum atomic E-state index is -4.51. The molecule has 2 atom stereocenters. The molecule has 3 N–H and O–H groups in total. The summed E-state index contributed by atoms with van der Waals surface area (Å²) in [7, 11) is -4.01. The van der Waals surface area contributed by atoms with E-state index in [9.17, 15) is 26.4 Å². The molecular formula is C22H23F3N6O4S. The van der Waals surface area contributed by atoms with E-state index in [0.717, 1.165) is 6.07 Å². The highest BCUT2D eigenvalue weighted by Crippen LogP contribution is 2.32. The molecule has 4 rings (SSSR count). The van der Waals surface area contributed by atoms with Crippen LogP contribution in [0.1, 0.15) is 46.4 Å². The third kappa shape index (κ3) is 6.44. The molecule has 0 amide bonds. The highest BCUT2D eigenvalue weighted by molar-refractivity contribution is 7.84. The summed E-state index contributed by atoms with van der Waals surface area (Å²) in [5.41, 5.74) is -0.550. The van der Waals surface area contributed by atoms with Crippen molar-refractivity contribution in [3.8, 4) is 0 Å². The maximum absolute atomic E-state index is 13.3. The number of rotatable bonds is 9. The van der Waals surface area contributed by atoms with Crippen molar-refractivity contribution in [1.82, 2.24) is 19.7 Å². The summed E-state index contributed by atoms with van der Waals surface area (Å²) < 4.78 is 67.8. The largest absolute Gasteiger partial charge is 0.416 e. The summed E-state index contributed by atoms with van der Waals surface area (Å²) in [6, 6.07) is 6.52. The van der Waals surface area contributed by atoms with Gasteiger partial charge in [-0.3, -0.25) is 13.7 Å². The van der Waals surface area contributed by atoms with Crippen LogP contribution in [0.3, 0.4) is 0 Å². The van der Waals surface area contributed by atoms with Crippen molar-refractivity contribution in [3.05, 3.63) is 71.4 Å². The minimum absolute atomic E-state index is 0.0263. The monoisotopic (exact) mass is 524 g/mol. The van der Waals surface area contributed by atoms with Crippen LogP contribution in [0.15, 0.2) is 49.1 Å². The number of nitrogens with zero attached hydrogens (tertiary/aromatic N) is 4. The van der Waals surface area contributed by atoms with Crippen LogP contribution in [0, 0.1) is 5.92 Å². The fraction of sp³-hybridized carbons (Fsp3) is 0.364. The molecule has 1 saturated carbocycles. The molecule has 0 saturated heterocycles. The summed E-state index contributed by atoms with van der Waals surface area (Å²) in [6.07, 6.45) is 1.53. The topological polar surface area (TPSA) is 142 Å². The lowest BCUT2D eigenvalue weighted by Gasteiger charge is -2.15. The van der Waals surface area contributed by atoms with Gasteiger partial charge in [0.15, 0.2) is 0 Å². The van der Waals surface area contributed by atoms with Gasteiger partial charge in [-0.2, -0.15) is 26.7 Å².